The molecule has 2 aromatic rings. The van der Waals surface area contributed by atoms with Crippen LogP contribution in [0.25, 0.3) is 11.3 Å². The summed E-state index contributed by atoms with van der Waals surface area (Å²) in [5.74, 6) is -0.228. The van der Waals surface area contributed by atoms with Crippen LogP contribution in [0.5, 0.6) is 0 Å². The quantitative estimate of drug-likeness (QED) is 0.706. The summed E-state index contributed by atoms with van der Waals surface area (Å²) < 4.78 is 5.46. The van der Waals surface area contributed by atoms with Gasteiger partial charge in [-0.15, -0.1) is 0 Å². The Bertz CT molecular complexity index is 1080. The van der Waals surface area contributed by atoms with E-state index in [0.717, 1.165) is 54.6 Å². The second kappa shape index (κ2) is 9.02. The van der Waals surface area contributed by atoms with Crippen molar-refractivity contribution in [2.45, 2.75) is 63.6 Å². The first-order valence-corrected chi connectivity index (χ1v) is 11.6. The van der Waals surface area contributed by atoms with Crippen LogP contribution < -0.4 is 5.32 Å². The molecular weight excluding hydrogens is 420 g/mol. The lowest BCUT2D eigenvalue weighted by atomic mass is 9.84. The Morgan fingerprint density at radius 2 is 1.85 bits per heavy atom. The van der Waals surface area contributed by atoms with Gasteiger partial charge < -0.3 is 9.64 Å². The van der Waals surface area contributed by atoms with Crippen LogP contribution in [-0.2, 0) is 27.3 Å². The monoisotopic (exact) mass is 448 g/mol. The minimum absolute atomic E-state index is 0.171. The van der Waals surface area contributed by atoms with E-state index in [-0.39, 0.29) is 18.2 Å². The number of benzene rings is 1. The molecule has 1 saturated carbocycles. The number of amides is 3. The summed E-state index contributed by atoms with van der Waals surface area (Å²) in [6, 6.07) is 9.04. The van der Waals surface area contributed by atoms with Gasteiger partial charge in [-0.25, -0.2) is 0 Å². The van der Waals surface area contributed by atoms with Crippen molar-refractivity contribution in [2.75, 3.05) is 7.11 Å². The number of methoxy groups -OCH3 is 1. The molecule has 5 rings (SSSR count). The summed E-state index contributed by atoms with van der Waals surface area (Å²) in [4.78, 5) is 38.1. The van der Waals surface area contributed by atoms with Gasteiger partial charge in [0.05, 0.1) is 17.5 Å². The molecule has 8 nitrogen and oxygen atoms in total. The maximum atomic E-state index is 12.9. The minimum atomic E-state index is -0.607. The summed E-state index contributed by atoms with van der Waals surface area (Å²) in [6.07, 6.45) is 6.46. The molecule has 0 radical (unpaired) electrons. The molecule has 1 unspecified atom stereocenters. The number of fused-ring (bicyclic) bond motifs is 1. The van der Waals surface area contributed by atoms with E-state index in [0.29, 0.717) is 30.6 Å². The molecule has 172 valence electrons. The Labute approximate surface area is 192 Å². The zero-order valence-corrected chi connectivity index (χ0v) is 18.8. The van der Waals surface area contributed by atoms with Gasteiger partial charge in [0.1, 0.15) is 6.04 Å². The van der Waals surface area contributed by atoms with E-state index in [2.05, 4.69) is 15.5 Å². The number of carbonyl (C=O) groups is 3. The number of rotatable bonds is 5. The Kier molecular flexibility index (Phi) is 5.93. The summed E-state index contributed by atoms with van der Waals surface area (Å²) in [5.41, 5.74) is 4.12. The van der Waals surface area contributed by atoms with E-state index in [1.807, 2.05) is 24.3 Å². The number of piperidine rings is 1. The molecule has 3 heterocycles. The molecule has 33 heavy (non-hydrogen) atoms. The van der Waals surface area contributed by atoms with Gasteiger partial charge in [-0.05, 0) is 74.3 Å². The predicted molar refractivity (Wildman–Crippen MR) is 120 cm³/mol. The van der Waals surface area contributed by atoms with Gasteiger partial charge in [-0.3, -0.25) is 19.7 Å². The number of hydrogen-bond donors (Lipinski definition) is 1. The third kappa shape index (κ3) is 4.39. The smallest absolute Gasteiger partial charge is 0.255 e. The van der Waals surface area contributed by atoms with E-state index < -0.39 is 11.9 Å². The molecule has 0 bridgehead atoms. The summed E-state index contributed by atoms with van der Waals surface area (Å²) in [6.45, 7) is 0.351. The zero-order chi connectivity index (χ0) is 22.9. The van der Waals surface area contributed by atoms with E-state index in [1.165, 1.54) is 0 Å². The molecule has 2 aliphatic heterocycles. The van der Waals surface area contributed by atoms with Crippen LogP contribution in [0.1, 0.15) is 60.1 Å². The number of ether oxygens (including phenoxy) is 1. The second-order valence-electron chi connectivity index (χ2n) is 9.26. The first kappa shape index (κ1) is 21.7. The van der Waals surface area contributed by atoms with Gasteiger partial charge >= 0.3 is 0 Å². The summed E-state index contributed by atoms with van der Waals surface area (Å²) >= 11 is 0. The minimum Gasteiger partial charge on any atom is -0.381 e. The second-order valence-corrected chi connectivity index (χ2v) is 9.26. The van der Waals surface area contributed by atoms with Crippen molar-refractivity contribution in [3.8, 4) is 11.3 Å². The van der Waals surface area contributed by atoms with Gasteiger partial charge in [0, 0.05) is 31.2 Å². The molecule has 1 aromatic heterocycles. The first-order chi connectivity index (χ1) is 16.0. The van der Waals surface area contributed by atoms with Crippen LogP contribution in [0.15, 0.2) is 30.3 Å². The summed E-state index contributed by atoms with van der Waals surface area (Å²) in [7, 11) is 1.79. The van der Waals surface area contributed by atoms with Crippen molar-refractivity contribution in [1.82, 2.24) is 20.4 Å². The fourth-order valence-electron chi connectivity index (χ4n) is 5.22. The van der Waals surface area contributed by atoms with Gasteiger partial charge in [-0.2, -0.15) is 10.2 Å². The molecule has 1 aliphatic carbocycles. The SMILES string of the molecule is COC1CCC(Cc2ccc(-c3ccc4c(c3)CN(C3CCC(=O)NC3=O)C4=O)nn2)CC1. The van der Waals surface area contributed by atoms with Crippen LogP contribution in [-0.4, -0.2) is 52.1 Å². The number of hydrogen-bond acceptors (Lipinski definition) is 6. The topological polar surface area (TPSA) is 101 Å². The third-order valence-corrected chi connectivity index (χ3v) is 7.16. The van der Waals surface area contributed by atoms with Crippen molar-refractivity contribution in [3.63, 3.8) is 0 Å². The Morgan fingerprint density at radius 3 is 2.55 bits per heavy atom. The molecule has 2 fully saturated rings. The van der Waals surface area contributed by atoms with E-state index >= 15 is 0 Å². The van der Waals surface area contributed by atoms with E-state index in [9.17, 15) is 14.4 Å². The molecule has 1 N–H and O–H groups in total. The fraction of sp³-hybridized carbons (Fsp3) is 0.480. The molecule has 1 aromatic carbocycles. The van der Waals surface area contributed by atoms with Crippen LogP contribution in [0, 0.1) is 5.92 Å². The average molecular weight is 449 g/mol. The lowest BCUT2D eigenvalue weighted by Crippen LogP contribution is -2.52. The number of aromatic nitrogens is 2. The largest absolute Gasteiger partial charge is 0.381 e. The maximum absolute atomic E-state index is 12.9. The molecule has 1 atom stereocenters. The van der Waals surface area contributed by atoms with Crippen molar-refractivity contribution < 1.29 is 19.1 Å². The highest BCUT2D eigenvalue weighted by atomic mass is 16.5. The van der Waals surface area contributed by atoms with Crippen LogP contribution in [0.3, 0.4) is 0 Å². The number of nitrogens with one attached hydrogen (secondary N) is 1. The average Bonchev–Trinajstić information content (AvgIpc) is 3.15. The number of carbonyl (C=O) groups excluding carboxylic acids is 3. The molecule has 3 aliphatic rings. The number of imide groups is 1. The highest BCUT2D eigenvalue weighted by molar-refractivity contribution is 6.05. The molecular formula is C25H28N4O4. The van der Waals surface area contributed by atoms with Gasteiger partial charge in [0.15, 0.2) is 0 Å². The van der Waals surface area contributed by atoms with Gasteiger partial charge in [0.2, 0.25) is 11.8 Å². The van der Waals surface area contributed by atoms with Crippen molar-refractivity contribution in [2.24, 2.45) is 5.92 Å². The van der Waals surface area contributed by atoms with Crippen molar-refractivity contribution in [3.05, 3.63) is 47.2 Å². The molecule has 1 saturated heterocycles. The Morgan fingerprint density at radius 1 is 1.03 bits per heavy atom. The first-order valence-electron chi connectivity index (χ1n) is 11.6. The van der Waals surface area contributed by atoms with Crippen LogP contribution >= 0.6 is 0 Å². The van der Waals surface area contributed by atoms with Gasteiger partial charge in [0.25, 0.3) is 5.91 Å². The summed E-state index contributed by atoms with van der Waals surface area (Å²) in [5, 5.41) is 11.2. The fourth-order valence-corrected chi connectivity index (χ4v) is 5.22. The van der Waals surface area contributed by atoms with E-state index in [4.69, 9.17) is 4.74 Å². The standard InChI is InChI=1S/C25H28N4O4/c1-33-19-6-2-15(3-7-19)12-18-5-9-21(28-27-18)16-4-8-20-17(13-16)14-29(25(20)32)22-10-11-23(30)26-24(22)31/h4-5,8-9,13,15,19,22H,2-3,6-7,10-12,14H2,1H3,(H,26,30,31). The van der Waals surface area contributed by atoms with Crippen LogP contribution in [0.2, 0.25) is 0 Å². The normalized spacial score (nSPS) is 25.2. The predicted octanol–water partition coefficient (Wildman–Crippen LogP) is 2.65. The molecule has 8 heteroatoms. The van der Waals surface area contributed by atoms with Crippen LogP contribution in [0.4, 0.5) is 0 Å². The molecule has 3 amide bonds. The maximum Gasteiger partial charge on any atom is 0.255 e. The third-order valence-electron chi connectivity index (χ3n) is 7.16. The van der Waals surface area contributed by atoms with Crippen molar-refractivity contribution in [1.29, 1.82) is 0 Å². The highest BCUT2D eigenvalue weighted by Gasteiger charge is 2.39. The lowest BCUT2D eigenvalue weighted by Gasteiger charge is -2.29. The molecule has 0 spiro atoms. The highest BCUT2D eigenvalue weighted by Crippen LogP contribution is 2.31. The Balaban J connectivity index is 1.26. The number of nitrogens with zero attached hydrogens (tertiary/aromatic N) is 3. The van der Waals surface area contributed by atoms with E-state index in [1.54, 1.807) is 18.1 Å². The Hall–Kier alpha value is -3.13. The lowest BCUT2D eigenvalue weighted by molar-refractivity contribution is -0.136. The van der Waals surface area contributed by atoms with Crippen molar-refractivity contribution >= 4 is 17.7 Å². The zero-order valence-electron chi connectivity index (χ0n) is 18.8. The van der Waals surface area contributed by atoms with Gasteiger partial charge in [-0.1, -0.05) is 6.07 Å².